The normalized spacial score (nSPS) is 13.3. The van der Waals surface area contributed by atoms with E-state index < -0.39 is 25.3 Å². The predicted octanol–water partition coefficient (Wildman–Crippen LogP) is 4.10. The second-order valence-electron chi connectivity index (χ2n) is 3.99. The molecule has 0 saturated carbocycles. The largest absolute Gasteiger partial charge is 0.475 e. The van der Waals surface area contributed by atoms with Gasteiger partial charge in [-0.1, -0.05) is 0 Å². The van der Waals surface area contributed by atoms with Crippen LogP contribution in [0.5, 0.6) is 0 Å². The first-order valence-electron chi connectivity index (χ1n) is 6.43. The highest BCUT2D eigenvalue weighted by Gasteiger charge is 2.35. The van der Waals surface area contributed by atoms with Gasteiger partial charge in [-0.3, -0.25) is 23.7 Å². The van der Waals surface area contributed by atoms with Crippen LogP contribution in [0.15, 0.2) is 24.3 Å². The average molecular weight is 339 g/mol. The molecule has 0 heterocycles. The second kappa shape index (κ2) is 8.28. The topological polar surface area (TPSA) is 87.9 Å². The molecule has 0 N–H and O–H groups in total. The van der Waals surface area contributed by atoms with Crippen LogP contribution in [-0.2, 0) is 18.1 Å². The molecule has 0 fully saturated rings. The van der Waals surface area contributed by atoms with Crippen molar-refractivity contribution >= 4 is 13.5 Å². The van der Waals surface area contributed by atoms with Crippen molar-refractivity contribution < 1.29 is 31.8 Å². The van der Waals surface area contributed by atoms with E-state index in [1.807, 2.05) is 0 Å². The Morgan fingerprint density at radius 2 is 1.68 bits per heavy atom. The van der Waals surface area contributed by atoms with E-state index in [0.29, 0.717) is 0 Å². The SMILES string of the molecule is CCOP(=O)(OCC)OC(c1ccc([N+](=O)[O-])cc1)C(F)F. The summed E-state index contributed by atoms with van der Waals surface area (Å²) in [6.45, 7) is 2.93. The zero-order chi connectivity index (χ0) is 16.8. The van der Waals surface area contributed by atoms with Crippen molar-refractivity contribution in [1.29, 1.82) is 0 Å². The van der Waals surface area contributed by atoms with Crippen LogP contribution in [0.1, 0.15) is 25.5 Å². The molecule has 0 radical (unpaired) electrons. The van der Waals surface area contributed by atoms with Crippen molar-refractivity contribution in [2.75, 3.05) is 13.2 Å². The molecule has 1 aromatic rings. The van der Waals surface area contributed by atoms with E-state index in [4.69, 9.17) is 13.6 Å². The number of benzene rings is 1. The van der Waals surface area contributed by atoms with Gasteiger partial charge in [0.15, 0.2) is 6.10 Å². The number of nitrogens with zero attached hydrogens (tertiary/aromatic N) is 1. The van der Waals surface area contributed by atoms with E-state index >= 15 is 0 Å². The molecular formula is C12H16F2NO6P. The second-order valence-corrected chi connectivity index (χ2v) is 5.61. The van der Waals surface area contributed by atoms with Gasteiger partial charge in [0.05, 0.1) is 18.1 Å². The minimum atomic E-state index is -4.14. The van der Waals surface area contributed by atoms with Crippen LogP contribution in [0.3, 0.4) is 0 Å². The van der Waals surface area contributed by atoms with E-state index in [-0.39, 0.29) is 24.5 Å². The maximum absolute atomic E-state index is 13.2. The first kappa shape index (κ1) is 18.6. The Balaban J connectivity index is 3.02. The Bertz CT molecular complexity index is 529. The Morgan fingerprint density at radius 1 is 1.18 bits per heavy atom. The summed E-state index contributed by atoms with van der Waals surface area (Å²) in [6, 6.07) is 4.33. The molecular weight excluding hydrogens is 323 g/mol. The summed E-state index contributed by atoms with van der Waals surface area (Å²) in [7, 11) is -4.14. The summed E-state index contributed by atoms with van der Waals surface area (Å²) in [5, 5.41) is 10.6. The molecule has 1 unspecified atom stereocenters. The van der Waals surface area contributed by atoms with Gasteiger partial charge >= 0.3 is 7.82 Å². The number of non-ortho nitro benzene ring substituents is 1. The molecule has 1 rings (SSSR count). The van der Waals surface area contributed by atoms with Gasteiger partial charge in [0.25, 0.3) is 12.1 Å². The van der Waals surface area contributed by atoms with Crippen LogP contribution in [0.2, 0.25) is 0 Å². The van der Waals surface area contributed by atoms with Gasteiger partial charge in [-0.05, 0) is 31.5 Å². The number of rotatable bonds is 9. The van der Waals surface area contributed by atoms with Gasteiger partial charge in [0.2, 0.25) is 0 Å². The standard InChI is InChI=1S/C12H16F2NO6P/c1-3-19-22(18,20-4-2)21-11(12(13)14)9-5-7-10(8-6-9)15(16)17/h5-8,11-12H,3-4H2,1-2H3. The quantitative estimate of drug-likeness (QED) is 0.382. The highest BCUT2D eigenvalue weighted by molar-refractivity contribution is 7.48. The van der Waals surface area contributed by atoms with Crippen molar-refractivity contribution in [1.82, 2.24) is 0 Å². The maximum Gasteiger partial charge on any atom is 0.475 e. The molecule has 7 nitrogen and oxygen atoms in total. The fourth-order valence-electron chi connectivity index (χ4n) is 1.59. The Morgan fingerprint density at radius 3 is 2.05 bits per heavy atom. The van der Waals surface area contributed by atoms with Crippen molar-refractivity contribution in [2.24, 2.45) is 0 Å². The molecule has 0 aliphatic rings. The molecule has 0 aliphatic heterocycles. The van der Waals surface area contributed by atoms with E-state index in [2.05, 4.69) is 0 Å². The van der Waals surface area contributed by atoms with Crippen LogP contribution in [-0.4, -0.2) is 24.6 Å². The summed E-state index contributed by atoms with van der Waals surface area (Å²) in [5.41, 5.74) is -0.324. The van der Waals surface area contributed by atoms with Crippen LogP contribution in [0.4, 0.5) is 14.5 Å². The van der Waals surface area contributed by atoms with Crippen molar-refractivity contribution in [3.8, 4) is 0 Å². The molecule has 124 valence electrons. The van der Waals surface area contributed by atoms with Gasteiger partial charge in [-0.2, -0.15) is 0 Å². The molecule has 0 bridgehead atoms. The summed E-state index contributed by atoms with van der Waals surface area (Å²) < 4.78 is 53.0. The van der Waals surface area contributed by atoms with Gasteiger partial charge < -0.3 is 0 Å². The van der Waals surface area contributed by atoms with E-state index in [1.54, 1.807) is 0 Å². The van der Waals surface area contributed by atoms with E-state index in [0.717, 1.165) is 24.3 Å². The molecule has 0 spiro atoms. The number of alkyl halides is 2. The van der Waals surface area contributed by atoms with Crippen molar-refractivity contribution in [3.05, 3.63) is 39.9 Å². The van der Waals surface area contributed by atoms with E-state index in [1.165, 1.54) is 13.8 Å². The number of hydrogen-bond donors (Lipinski definition) is 0. The summed E-state index contributed by atoms with van der Waals surface area (Å²) in [4.78, 5) is 9.90. The molecule has 0 amide bonds. The van der Waals surface area contributed by atoms with Gasteiger partial charge in [-0.25, -0.2) is 13.3 Å². The Kier molecular flexibility index (Phi) is 7.02. The van der Waals surface area contributed by atoms with Gasteiger partial charge in [0, 0.05) is 12.1 Å². The van der Waals surface area contributed by atoms with Crippen LogP contribution >= 0.6 is 7.82 Å². The zero-order valence-electron chi connectivity index (χ0n) is 12.0. The van der Waals surface area contributed by atoms with Crippen LogP contribution in [0.25, 0.3) is 0 Å². The number of phosphoric acid groups is 1. The maximum atomic E-state index is 13.2. The third-order valence-corrected chi connectivity index (χ3v) is 4.11. The summed E-state index contributed by atoms with van der Waals surface area (Å²) in [5.74, 6) is 0. The summed E-state index contributed by atoms with van der Waals surface area (Å²) >= 11 is 0. The molecule has 0 saturated heterocycles. The lowest BCUT2D eigenvalue weighted by molar-refractivity contribution is -0.384. The Hall–Kier alpha value is -1.41. The Labute approximate surface area is 125 Å². The van der Waals surface area contributed by atoms with Gasteiger partial charge in [0.1, 0.15) is 0 Å². The lowest BCUT2D eigenvalue weighted by atomic mass is 10.1. The highest BCUT2D eigenvalue weighted by Crippen LogP contribution is 2.54. The van der Waals surface area contributed by atoms with Crippen LogP contribution in [0, 0.1) is 10.1 Å². The number of hydrogen-bond acceptors (Lipinski definition) is 6. The zero-order valence-corrected chi connectivity index (χ0v) is 12.9. The van der Waals surface area contributed by atoms with Crippen molar-refractivity contribution in [3.63, 3.8) is 0 Å². The first-order chi connectivity index (χ1) is 10.3. The lowest BCUT2D eigenvalue weighted by Crippen LogP contribution is -2.14. The fraction of sp³-hybridized carbons (Fsp3) is 0.500. The lowest BCUT2D eigenvalue weighted by Gasteiger charge is -2.23. The molecule has 0 aliphatic carbocycles. The smallest absolute Gasteiger partial charge is 0.287 e. The minimum Gasteiger partial charge on any atom is -0.287 e. The van der Waals surface area contributed by atoms with Gasteiger partial charge in [-0.15, -0.1) is 0 Å². The average Bonchev–Trinajstić information content (AvgIpc) is 2.45. The number of halogens is 2. The molecule has 1 atom stereocenters. The van der Waals surface area contributed by atoms with Crippen LogP contribution < -0.4 is 0 Å². The summed E-state index contributed by atoms with van der Waals surface area (Å²) in [6.07, 6.45) is -4.90. The molecule has 0 aromatic heterocycles. The minimum absolute atomic E-state index is 0.0481. The molecule has 22 heavy (non-hydrogen) atoms. The monoisotopic (exact) mass is 339 g/mol. The fourth-order valence-corrected chi connectivity index (χ4v) is 2.91. The predicted molar refractivity (Wildman–Crippen MR) is 73.8 cm³/mol. The first-order valence-corrected chi connectivity index (χ1v) is 7.89. The number of nitro groups is 1. The van der Waals surface area contributed by atoms with E-state index in [9.17, 15) is 23.5 Å². The molecule has 1 aromatic carbocycles. The molecule has 10 heteroatoms. The number of nitro benzene ring substituents is 1. The highest BCUT2D eigenvalue weighted by atomic mass is 31.2. The third-order valence-electron chi connectivity index (χ3n) is 2.48. The number of phosphoric ester groups is 1. The van der Waals surface area contributed by atoms with Crippen molar-refractivity contribution in [2.45, 2.75) is 26.4 Å². The third kappa shape index (κ3) is 5.10.